The van der Waals surface area contributed by atoms with Crippen molar-refractivity contribution >= 4 is 11.9 Å². The van der Waals surface area contributed by atoms with Gasteiger partial charge in [0.2, 0.25) is 0 Å². The molecule has 0 bridgehead atoms. The minimum absolute atomic E-state index is 0.266. The summed E-state index contributed by atoms with van der Waals surface area (Å²) in [4.78, 5) is 29.2. The number of hydrogen-bond acceptors (Lipinski definition) is 9. The monoisotopic (exact) mass is 439 g/mol. The molecule has 2 aliphatic rings. The molecule has 2 rings (SSSR count). The average Bonchev–Trinajstić information content (AvgIpc) is 2.68. The van der Waals surface area contributed by atoms with Crippen LogP contribution in [0.4, 0.5) is 0 Å². The van der Waals surface area contributed by atoms with E-state index in [-0.39, 0.29) is 18.1 Å². The first-order chi connectivity index (χ1) is 14.7. The van der Waals surface area contributed by atoms with Crippen molar-refractivity contribution < 1.29 is 28.5 Å². The van der Waals surface area contributed by atoms with Crippen LogP contribution in [0.5, 0.6) is 0 Å². The van der Waals surface area contributed by atoms with Crippen molar-refractivity contribution in [2.75, 3.05) is 0 Å². The molecule has 172 valence electrons. The first-order valence-corrected chi connectivity index (χ1v) is 10.2. The number of nitrogens with two attached hydrogens (primary N) is 1. The molecule has 0 amide bonds. The Balaban J connectivity index is 2.36. The third kappa shape index (κ3) is 6.46. The van der Waals surface area contributed by atoms with E-state index in [0.717, 1.165) is 0 Å². The standard InChI is InChI=1S/C18H29N7O6/c1-8-7-13(23-25-21)16(28-10(3)26)17(29-11(4)27)15(8)31-18-12(22-24-20)5-6-14(30-18)9(2)19/h8-9,12-18H,5-7,19H2,1-4H3/t8-,9+,12?,13?,14?,15?,16-,17-,18+/m0/s1. The third-order valence-corrected chi connectivity index (χ3v) is 5.45. The third-order valence-electron chi connectivity index (χ3n) is 5.45. The van der Waals surface area contributed by atoms with Crippen LogP contribution in [-0.2, 0) is 28.5 Å². The van der Waals surface area contributed by atoms with Gasteiger partial charge in [-0.25, -0.2) is 0 Å². The quantitative estimate of drug-likeness (QED) is 0.272. The summed E-state index contributed by atoms with van der Waals surface area (Å²) >= 11 is 0. The predicted molar refractivity (Wildman–Crippen MR) is 107 cm³/mol. The number of carbonyl (C=O) groups is 2. The van der Waals surface area contributed by atoms with Gasteiger partial charge < -0.3 is 24.7 Å². The predicted octanol–water partition coefficient (Wildman–Crippen LogP) is 2.48. The topological polar surface area (TPSA) is 195 Å². The van der Waals surface area contributed by atoms with Crippen molar-refractivity contribution in [3.05, 3.63) is 20.9 Å². The van der Waals surface area contributed by atoms with Crippen LogP contribution in [0.25, 0.3) is 20.9 Å². The van der Waals surface area contributed by atoms with E-state index in [1.54, 1.807) is 0 Å². The van der Waals surface area contributed by atoms with Crippen LogP contribution < -0.4 is 5.73 Å². The maximum absolute atomic E-state index is 11.8. The molecule has 13 nitrogen and oxygen atoms in total. The fraction of sp³-hybridized carbons (Fsp3) is 0.889. The molecule has 1 aliphatic heterocycles. The highest BCUT2D eigenvalue weighted by Crippen LogP contribution is 2.36. The van der Waals surface area contributed by atoms with Gasteiger partial charge in [-0.3, -0.25) is 9.59 Å². The van der Waals surface area contributed by atoms with Crippen molar-refractivity contribution in [3.63, 3.8) is 0 Å². The molecule has 13 heteroatoms. The molecule has 31 heavy (non-hydrogen) atoms. The maximum atomic E-state index is 11.8. The summed E-state index contributed by atoms with van der Waals surface area (Å²) in [5, 5.41) is 7.51. The number of hydrogen-bond donors (Lipinski definition) is 1. The molecule has 0 spiro atoms. The van der Waals surface area contributed by atoms with Crippen molar-refractivity contribution in [2.45, 2.75) is 95.8 Å². The van der Waals surface area contributed by atoms with Gasteiger partial charge in [-0.1, -0.05) is 17.2 Å². The van der Waals surface area contributed by atoms with Gasteiger partial charge in [0.25, 0.3) is 0 Å². The second-order valence-electron chi connectivity index (χ2n) is 7.99. The summed E-state index contributed by atoms with van der Waals surface area (Å²) < 4.78 is 23.0. The number of ether oxygens (including phenoxy) is 4. The minimum Gasteiger partial charge on any atom is -0.458 e. The Labute approximate surface area is 179 Å². The van der Waals surface area contributed by atoms with Gasteiger partial charge in [-0.2, -0.15) is 0 Å². The van der Waals surface area contributed by atoms with Gasteiger partial charge >= 0.3 is 11.9 Å². The molecular formula is C18H29N7O6. The normalized spacial score (nSPS) is 36.3. The van der Waals surface area contributed by atoms with Gasteiger partial charge in [-0.15, -0.1) is 0 Å². The summed E-state index contributed by atoms with van der Waals surface area (Å²) in [5.41, 5.74) is 23.8. The molecule has 1 heterocycles. The molecule has 0 aromatic rings. The molecule has 2 N–H and O–H groups in total. The summed E-state index contributed by atoms with van der Waals surface area (Å²) in [5.74, 6) is -1.50. The van der Waals surface area contributed by atoms with E-state index in [1.807, 2.05) is 13.8 Å². The Morgan fingerprint density at radius 3 is 2.16 bits per heavy atom. The Morgan fingerprint density at radius 2 is 1.61 bits per heavy atom. The summed E-state index contributed by atoms with van der Waals surface area (Å²) in [6, 6.07) is -1.62. The van der Waals surface area contributed by atoms with Crippen molar-refractivity contribution in [3.8, 4) is 0 Å². The Kier molecular flexibility index (Phi) is 8.90. The Hall–Kier alpha value is -2.56. The van der Waals surface area contributed by atoms with E-state index in [9.17, 15) is 9.59 Å². The summed E-state index contributed by atoms with van der Waals surface area (Å²) in [6.07, 6.45) is -2.66. The molecule has 2 fully saturated rings. The van der Waals surface area contributed by atoms with E-state index >= 15 is 0 Å². The lowest BCUT2D eigenvalue weighted by atomic mass is 9.80. The van der Waals surface area contributed by atoms with Crippen LogP contribution in [0.3, 0.4) is 0 Å². The van der Waals surface area contributed by atoms with Gasteiger partial charge in [-0.05, 0) is 43.2 Å². The van der Waals surface area contributed by atoms with Crippen LogP contribution in [0.15, 0.2) is 10.2 Å². The highest BCUT2D eigenvalue weighted by molar-refractivity contribution is 5.67. The largest absolute Gasteiger partial charge is 0.458 e. The van der Waals surface area contributed by atoms with Gasteiger partial charge in [0, 0.05) is 29.7 Å². The van der Waals surface area contributed by atoms with E-state index in [4.69, 9.17) is 35.7 Å². The lowest BCUT2D eigenvalue weighted by Crippen LogP contribution is -2.58. The van der Waals surface area contributed by atoms with Crippen LogP contribution in [-0.4, -0.2) is 60.8 Å². The Morgan fingerprint density at radius 1 is 1.03 bits per heavy atom. The maximum Gasteiger partial charge on any atom is 0.303 e. The second-order valence-corrected chi connectivity index (χ2v) is 7.99. The van der Waals surface area contributed by atoms with E-state index < -0.39 is 48.6 Å². The number of nitrogens with zero attached hydrogens (tertiary/aromatic N) is 6. The average molecular weight is 439 g/mol. The fourth-order valence-corrected chi connectivity index (χ4v) is 4.08. The second kappa shape index (κ2) is 11.2. The van der Waals surface area contributed by atoms with Gasteiger partial charge in [0.1, 0.15) is 12.2 Å². The Bertz CT molecular complexity index is 752. The summed E-state index contributed by atoms with van der Waals surface area (Å²) in [6.45, 7) is 6.07. The van der Waals surface area contributed by atoms with E-state index in [1.165, 1.54) is 13.8 Å². The van der Waals surface area contributed by atoms with Crippen molar-refractivity contribution in [2.24, 2.45) is 21.9 Å². The SMILES string of the molecule is CC(=O)O[C@H]1C(N=[N+]=[N-])C[C@H](C)C(O[C@H]2OC([C@@H](C)N)CCC2N=[N+]=[N-])[C@@H]1OC(C)=O. The fourth-order valence-electron chi connectivity index (χ4n) is 4.08. The molecule has 1 saturated carbocycles. The zero-order valence-electron chi connectivity index (χ0n) is 18.0. The molecule has 0 aromatic carbocycles. The minimum atomic E-state index is -1.05. The smallest absolute Gasteiger partial charge is 0.303 e. The highest BCUT2D eigenvalue weighted by atomic mass is 16.7. The van der Waals surface area contributed by atoms with Crippen LogP contribution >= 0.6 is 0 Å². The summed E-state index contributed by atoms with van der Waals surface area (Å²) in [7, 11) is 0. The van der Waals surface area contributed by atoms with E-state index in [0.29, 0.717) is 19.3 Å². The lowest BCUT2D eigenvalue weighted by Gasteiger charge is -2.45. The molecule has 1 aliphatic carbocycles. The zero-order chi connectivity index (χ0) is 23.1. The molecule has 9 atom stereocenters. The highest BCUT2D eigenvalue weighted by Gasteiger charge is 2.49. The van der Waals surface area contributed by atoms with Crippen LogP contribution in [0.1, 0.15) is 47.0 Å². The number of carbonyl (C=O) groups excluding carboxylic acids is 2. The first kappa shape index (κ1) is 24.7. The first-order valence-electron chi connectivity index (χ1n) is 10.2. The van der Waals surface area contributed by atoms with Gasteiger partial charge in [0.05, 0.1) is 18.2 Å². The molecule has 4 unspecified atom stereocenters. The zero-order valence-corrected chi connectivity index (χ0v) is 18.0. The van der Waals surface area contributed by atoms with Crippen molar-refractivity contribution in [1.29, 1.82) is 0 Å². The molecule has 1 saturated heterocycles. The number of esters is 2. The number of rotatable bonds is 7. The molecule has 0 aromatic heterocycles. The number of azide groups is 2. The van der Waals surface area contributed by atoms with Gasteiger partial charge in [0.15, 0.2) is 12.4 Å². The van der Waals surface area contributed by atoms with Crippen LogP contribution in [0, 0.1) is 5.92 Å². The van der Waals surface area contributed by atoms with Crippen molar-refractivity contribution in [1.82, 2.24) is 0 Å². The van der Waals surface area contributed by atoms with E-state index in [2.05, 4.69) is 20.1 Å². The molecule has 0 radical (unpaired) electrons. The van der Waals surface area contributed by atoms with Crippen LogP contribution in [0.2, 0.25) is 0 Å². The lowest BCUT2D eigenvalue weighted by molar-refractivity contribution is -0.266. The molecular weight excluding hydrogens is 410 g/mol.